The molecule has 0 spiro atoms. The van der Waals surface area contributed by atoms with Crippen LogP contribution in [0.4, 0.5) is 0 Å². The third-order valence-corrected chi connectivity index (χ3v) is 3.79. The molecule has 1 unspecified atom stereocenters. The van der Waals surface area contributed by atoms with Crippen LogP contribution in [0, 0.1) is 5.92 Å². The van der Waals surface area contributed by atoms with E-state index in [9.17, 15) is 0 Å². The summed E-state index contributed by atoms with van der Waals surface area (Å²) < 4.78 is 0. The Morgan fingerprint density at radius 2 is 2.43 bits per heavy atom. The highest BCUT2D eigenvalue weighted by Gasteiger charge is 2.48. The Balaban J connectivity index is 2.07. The Hall–Kier alpha value is -0.830. The van der Waals surface area contributed by atoms with Gasteiger partial charge >= 0.3 is 0 Å². The van der Waals surface area contributed by atoms with Crippen LogP contribution in [-0.4, -0.2) is 16.5 Å². The molecule has 3 nitrogen and oxygen atoms in total. The van der Waals surface area contributed by atoms with Crippen LogP contribution in [0.2, 0.25) is 0 Å². The van der Waals surface area contributed by atoms with Crippen molar-refractivity contribution in [2.24, 2.45) is 5.92 Å². The Morgan fingerprint density at radius 1 is 1.57 bits per heavy atom. The summed E-state index contributed by atoms with van der Waals surface area (Å²) >= 11 is 0. The molecule has 1 atom stereocenters. The van der Waals surface area contributed by atoms with Crippen molar-refractivity contribution in [1.82, 2.24) is 15.3 Å². The molecule has 3 rings (SSSR count). The van der Waals surface area contributed by atoms with Crippen molar-refractivity contribution < 1.29 is 0 Å². The maximum Gasteiger partial charge on any atom is 0.0926 e. The lowest BCUT2D eigenvalue weighted by Crippen LogP contribution is -2.48. The third-order valence-electron chi connectivity index (χ3n) is 3.79. The second kappa shape index (κ2) is 2.83. The predicted octanol–water partition coefficient (Wildman–Crippen LogP) is 1.57. The van der Waals surface area contributed by atoms with Crippen LogP contribution in [0.1, 0.15) is 37.6 Å². The van der Waals surface area contributed by atoms with Crippen LogP contribution in [0.5, 0.6) is 0 Å². The highest BCUT2D eigenvalue weighted by Crippen LogP contribution is 2.48. The molecule has 76 valence electrons. The van der Waals surface area contributed by atoms with Gasteiger partial charge < -0.3 is 10.3 Å². The molecule has 1 aromatic rings. The summed E-state index contributed by atoms with van der Waals surface area (Å²) in [6, 6.07) is 0. The fourth-order valence-electron chi connectivity index (χ4n) is 2.89. The maximum atomic E-state index is 4.52. The number of imidazole rings is 1. The van der Waals surface area contributed by atoms with Crippen LogP contribution in [0.25, 0.3) is 0 Å². The van der Waals surface area contributed by atoms with Crippen LogP contribution in [0.15, 0.2) is 6.33 Å². The molecular formula is C11H17N3. The third kappa shape index (κ3) is 0.989. The van der Waals surface area contributed by atoms with Gasteiger partial charge in [0.15, 0.2) is 0 Å². The monoisotopic (exact) mass is 191 g/mol. The Labute approximate surface area is 84.3 Å². The second-order valence-corrected chi connectivity index (χ2v) is 4.51. The van der Waals surface area contributed by atoms with Gasteiger partial charge in [-0.05, 0) is 25.2 Å². The molecule has 1 fully saturated rings. The van der Waals surface area contributed by atoms with Gasteiger partial charge in [-0.15, -0.1) is 0 Å². The number of hydrogen-bond acceptors (Lipinski definition) is 2. The molecule has 1 saturated carbocycles. The number of nitrogens with one attached hydrogen (secondary N) is 2. The van der Waals surface area contributed by atoms with Gasteiger partial charge in [-0.3, -0.25) is 0 Å². The predicted molar refractivity (Wildman–Crippen MR) is 55.0 cm³/mol. The van der Waals surface area contributed by atoms with Crippen LogP contribution in [0.3, 0.4) is 0 Å². The molecule has 1 aliphatic carbocycles. The van der Waals surface area contributed by atoms with E-state index in [1.54, 1.807) is 0 Å². The largest absolute Gasteiger partial charge is 0.348 e. The standard InChI is InChI=1S/C11H17N3/c1-2-11(8-3-4-8)10-9(5-6-14-11)12-7-13-10/h7-8,14H,2-6H2,1H3,(H,12,13). The number of fused-ring (bicyclic) bond motifs is 1. The quantitative estimate of drug-likeness (QED) is 0.745. The second-order valence-electron chi connectivity index (χ2n) is 4.51. The summed E-state index contributed by atoms with van der Waals surface area (Å²) in [6.07, 6.45) is 6.85. The molecule has 2 aliphatic rings. The number of hydrogen-bond donors (Lipinski definition) is 2. The van der Waals surface area contributed by atoms with Crippen molar-refractivity contribution in [2.75, 3.05) is 6.54 Å². The minimum atomic E-state index is 0.202. The average Bonchev–Trinajstić information content (AvgIpc) is 2.96. The lowest BCUT2D eigenvalue weighted by Gasteiger charge is -2.37. The summed E-state index contributed by atoms with van der Waals surface area (Å²) in [5.41, 5.74) is 2.86. The van der Waals surface area contributed by atoms with E-state index < -0.39 is 0 Å². The van der Waals surface area contributed by atoms with Crippen LogP contribution >= 0.6 is 0 Å². The zero-order chi connectivity index (χ0) is 9.60. The molecule has 0 radical (unpaired) electrons. The molecule has 0 bridgehead atoms. The van der Waals surface area contributed by atoms with E-state index in [4.69, 9.17) is 0 Å². The van der Waals surface area contributed by atoms with E-state index >= 15 is 0 Å². The SMILES string of the molecule is CCC1(C2CC2)NCCc2[nH]cnc21. The lowest BCUT2D eigenvalue weighted by molar-refractivity contribution is 0.254. The Bertz CT molecular complexity index is 340. The maximum absolute atomic E-state index is 4.52. The first-order valence-electron chi connectivity index (χ1n) is 5.64. The van der Waals surface area contributed by atoms with E-state index in [-0.39, 0.29) is 5.54 Å². The number of aromatic nitrogens is 2. The van der Waals surface area contributed by atoms with E-state index in [0.29, 0.717) is 0 Å². The first kappa shape index (κ1) is 8.48. The van der Waals surface area contributed by atoms with Gasteiger partial charge in [0.05, 0.1) is 17.6 Å². The van der Waals surface area contributed by atoms with Crippen molar-refractivity contribution in [1.29, 1.82) is 0 Å². The van der Waals surface area contributed by atoms with Gasteiger partial charge in [-0.25, -0.2) is 4.98 Å². The summed E-state index contributed by atoms with van der Waals surface area (Å²) in [5.74, 6) is 0.829. The molecule has 1 aromatic heterocycles. The minimum absolute atomic E-state index is 0.202. The van der Waals surface area contributed by atoms with Crippen molar-refractivity contribution in [2.45, 2.75) is 38.1 Å². The lowest BCUT2D eigenvalue weighted by atomic mass is 9.82. The zero-order valence-corrected chi connectivity index (χ0v) is 8.64. The summed E-state index contributed by atoms with van der Waals surface area (Å²) in [6.45, 7) is 3.37. The minimum Gasteiger partial charge on any atom is -0.348 e. The van der Waals surface area contributed by atoms with Crippen molar-refractivity contribution >= 4 is 0 Å². The zero-order valence-electron chi connectivity index (χ0n) is 8.64. The summed E-state index contributed by atoms with van der Waals surface area (Å²) in [5, 5.41) is 3.70. The van der Waals surface area contributed by atoms with Crippen molar-refractivity contribution in [3.05, 3.63) is 17.7 Å². The molecule has 0 aromatic carbocycles. The molecule has 2 heterocycles. The van der Waals surface area contributed by atoms with Gasteiger partial charge in [-0.1, -0.05) is 6.92 Å². The average molecular weight is 191 g/mol. The fourth-order valence-corrected chi connectivity index (χ4v) is 2.89. The number of H-pyrrole nitrogens is 1. The highest BCUT2D eigenvalue weighted by molar-refractivity contribution is 5.28. The fraction of sp³-hybridized carbons (Fsp3) is 0.727. The molecule has 1 aliphatic heterocycles. The van der Waals surface area contributed by atoms with Gasteiger partial charge in [0.2, 0.25) is 0 Å². The number of nitrogens with zero attached hydrogens (tertiary/aromatic N) is 1. The number of rotatable bonds is 2. The first-order chi connectivity index (χ1) is 6.87. The molecule has 3 heteroatoms. The Kier molecular flexibility index (Phi) is 1.71. The van der Waals surface area contributed by atoms with E-state index in [1.165, 1.54) is 24.2 Å². The normalized spacial score (nSPS) is 31.5. The molecule has 14 heavy (non-hydrogen) atoms. The smallest absolute Gasteiger partial charge is 0.0926 e. The Morgan fingerprint density at radius 3 is 3.14 bits per heavy atom. The van der Waals surface area contributed by atoms with Crippen LogP contribution in [-0.2, 0) is 12.0 Å². The van der Waals surface area contributed by atoms with Crippen molar-refractivity contribution in [3.8, 4) is 0 Å². The van der Waals surface area contributed by atoms with Crippen LogP contribution < -0.4 is 5.32 Å². The highest BCUT2D eigenvalue weighted by atomic mass is 15.1. The van der Waals surface area contributed by atoms with E-state index in [2.05, 4.69) is 22.2 Å². The van der Waals surface area contributed by atoms with Gasteiger partial charge in [-0.2, -0.15) is 0 Å². The number of aromatic amines is 1. The van der Waals surface area contributed by atoms with Gasteiger partial charge in [0.25, 0.3) is 0 Å². The topological polar surface area (TPSA) is 40.7 Å². The summed E-state index contributed by atoms with van der Waals surface area (Å²) in [4.78, 5) is 7.80. The molecule has 2 N–H and O–H groups in total. The van der Waals surface area contributed by atoms with E-state index in [1.807, 2.05) is 6.33 Å². The van der Waals surface area contributed by atoms with Gasteiger partial charge in [0, 0.05) is 18.7 Å². The van der Waals surface area contributed by atoms with E-state index in [0.717, 1.165) is 25.3 Å². The molecule has 0 amide bonds. The molecule has 0 saturated heterocycles. The summed E-state index contributed by atoms with van der Waals surface area (Å²) in [7, 11) is 0. The van der Waals surface area contributed by atoms with Crippen molar-refractivity contribution in [3.63, 3.8) is 0 Å². The first-order valence-corrected chi connectivity index (χ1v) is 5.64. The molecular weight excluding hydrogens is 174 g/mol. The van der Waals surface area contributed by atoms with Gasteiger partial charge in [0.1, 0.15) is 0 Å².